The van der Waals surface area contributed by atoms with Crippen molar-refractivity contribution in [2.75, 3.05) is 5.88 Å². The van der Waals surface area contributed by atoms with Gasteiger partial charge in [0.1, 0.15) is 18.2 Å². The maximum Gasteiger partial charge on any atom is 0.119 e. The Morgan fingerprint density at radius 1 is 1.15 bits per heavy atom. The third-order valence-corrected chi connectivity index (χ3v) is 3.07. The quantitative estimate of drug-likeness (QED) is 0.512. The summed E-state index contributed by atoms with van der Waals surface area (Å²) in [5.41, 5.74) is 7.38. The normalized spacial score (nSPS) is 11.4. The molecule has 0 aliphatic rings. The van der Waals surface area contributed by atoms with E-state index in [0.717, 1.165) is 17.0 Å². The molecule has 0 aliphatic carbocycles. The summed E-state index contributed by atoms with van der Waals surface area (Å²) in [5, 5.41) is 0.685. The Morgan fingerprint density at radius 2 is 1.90 bits per heavy atom. The van der Waals surface area contributed by atoms with Crippen LogP contribution in [0.25, 0.3) is 0 Å². The number of hydrogen-bond donors (Lipinski definition) is 1. The Balaban J connectivity index is 2.03. The summed E-state index contributed by atoms with van der Waals surface area (Å²) in [6.07, 6.45) is 0. The highest BCUT2D eigenvalue weighted by atomic mass is 35.5. The average Bonchev–Trinajstić information content (AvgIpc) is 2.47. The van der Waals surface area contributed by atoms with Gasteiger partial charge in [0.25, 0.3) is 0 Å². The molecule has 2 aromatic rings. The number of alkyl halides is 1. The van der Waals surface area contributed by atoms with Crippen molar-refractivity contribution in [2.24, 2.45) is 10.7 Å². The number of amidine groups is 1. The average molecular weight is 309 g/mol. The van der Waals surface area contributed by atoms with Crippen LogP contribution in [0.2, 0.25) is 5.02 Å². The van der Waals surface area contributed by atoms with Gasteiger partial charge in [-0.2, -0.15) is 0 Å². The molecule has 0 spiro atoms. The van der Waals surface area contributed by atoms with Gasteiger partial charge in [0.05, 0.1) is 11.6 Å². The summed E-state index contributed by atoms with van der Waals surface area (Å²) in [6.45, 7) is 0.450. The summed E-state index contributed by atoms with van der Waals surface area (Å²) in [6, 6.07) is 14.9. The van der Waals surface area contributed by atoms with Crippen LogP contribution >= 0.6 is 23.2 Å². The zero-order valence-electron chi connectivity index (χ0n) is 10.7. The summed E-state index contributed by atoms with van der Waals surface area (Å²) < 4.78 is 5.67. The second-order valence-electron chi connectivity index (χ2n) is 4.15. The molecular weight excluding hydrogens is 295 g/mol. The predicted octanol–water partition coefficient (Wildman–Crippen LogP) is 4.15. The van der Waals surface area contributed by atoms with E-state index >= 15 is 0 Å². The van der Waals surface area contributed by atoms with E-state index in [1.165, 1.54) is 0 Å². The largest absolute Gasteiger partial charge is 0.489 e. The molecule has 0 amide bonds. The first-order valence-electron chi connectivity index (χ1n) is 6.03. The topological polar surface area (TPSA) is 47.6 Å². The summed E-state index contributed by atoms with van der Waals surface area (Å²) in [7, 11) is 0. The maximum atomic E-state index is 5.82. The third-order valence-electron chi connectivity index (χ3n) is 2.54. The summed E-state index contributed by atoms with van der Waals surface area (Å²) in [4.78, 5) is 4.19. The van der Waals surface area contributed by atoms with E-state index in [1.807, 2.05) is 36.4 Å². The van der Waals surface area contributed by atoms with Gasteiger partial charge in [0, 0.05) is 5.02 Å². The van der Waals surface area contributed by atoms with Crippen LogP contribution in [0, 0.1) is 0 Å². The fraction of sp³-hybridized carbons (Fsp3) is 0.133. The van der Waals surface area contributed by atoms with Gasteiger partial charge in [-0.1, -0.05) is 23.7 Å². The Kier molecular flexibility index (Phi) is 5.27. The van der Waals surface area contributed by atoms with Crippen LogP contribution < -0.4 is 10.5 Å². The second kappa shape index (κ2) is 7.17. The smallest absolute Gasteiger partial charge is 0.119 e. The van der Waals surface area contributed by atoms with Crippen molar-refractivity contribution in [3.8, 4) is 5.75 Å². The molecule has 0 saturated carbocycles. The van der Waals surface area contributed by atoms with Crippen LogP contribution in [0.1, 0.15) is 5.56 Å². The Morgan fingerprint density at radius 3 is 2.60 bits per heavy atom. The molecule has 2 aromatic carbocycles. The molecule has 0 atom stereocenters. The molecule has 0 radical (unpaired) electrons. The van der Waals surface area contributed by atoms with Gasteiger partial charge in [0.2, 0.25) is 0 Å². The molecule has 0 unspecified atom stereocenters. The van der Waals surface area contributed by atoms with Crippen molar-refractivity contribution >= 4 is 34.7 Å². The van der Waals surface area contributed by atoms with E-state index in [1.54, 1.807) is 12.1 Å². The molecule has 0 aliphatic heterocycles. The predicted molar refractivity (Wildman–Crippen MR) is 84.2 cm³/mol. The van der Waals surface area contributed by atoms with Crippen molar-refractivity contribution in [3.05, 3.63) is 59.1 Å². The van der Waals surface area contributed by atoms with Gasteiger partial charge in [-0.3, -0.25) is 0 Å². The van der Waals surface area contributed by atoms with E-state index in [-0.39, 0.29) is 5.88 Å². The number of halogens is 2. The number of nitrogens with two attached hydrogens (primary N) is 1. The van der Waals surface area contributed by atoms with Crippen molar-refractivity contribution in [2.45, 2.75) is 6.61 Å². The van der Waals surface area contributed by atoms with Crippen molar-refractivity contribution in [1.82, 2.24) is 0 Å². The lowest BCUT2D eigenvalue weighted by Gasteiger charge is -2.07. The Labute approximate surface area is 128 Å². The van der Waals surface area contributed by atoms with E-state index in [0.29, 0.717) is 17.5 Å². The number of nitrogens with zero attached hydrogens (tertiary/aromatic N) is 1. The minimum Gasteiger partial charge on any atom is -0.489 e. The molecule has 3 nitrogen and oxygen atoms in total. The summed E-state index contributed by atoms with van der Waals surface area (Å²) in [5.74, 6) is 1.37. The molecule has 5 heteroatoms. The van der Waals surface area contributed by atoms with E-state index in [2.05, 4.69) is 4.99 Å². The monoisotopic (exact) mass is 308 g/mol. The lowest BCUT2D eigenvalue weighted by molar-refractivity contribution is 0.306. The van der Waals surface area contributed by atoms with Crippen LogP contribution in [0.5, 0.6) is 5.75 Å². The molecule has 2 rings (SSSR count). The molecule has 0 aromatic heterocycles. The minimum atomic E-state index is 0.214. The molecule has 0 saturated heterocycles. The van der Waals surface area contributed by atoms with Crippen LogP contribution in [0.15, 0.2) is 53.5 Å². The van der Waals surface area contributed by atoms with Crippen LogP contribution in [0.4, 0.5) is 5.69 Å². The minimum absolute atomic E-state index is 0.214. The number of aliphatic imine (C=N–C) groups is 1. The van der Waals surface area contributed by atoms with Crippen LogP contribution in [0.3, 0.4) is 0 Å². The highest BCUT2D eigenvalue weighted by Gasteiger charge is 1.99. The fourth-order valence-electron chi connectivity index (χ4n) is 1.61. The molecule has 2 N–H and O–H groups in total. The summed E-state index contributed by atoms with van der Waals surface area (Å²) >= 11 is 11.4. The zero-order chi connectivity index (χ0) is 14.4. The van der Waals surface area contributed by atoms with Crippen molar-refractivity contribution in [1.29, 1.82) is 0 Å². The highest BCUT2D eigenvalue weighted by Crippen LogP contribution is 2.19. The van der Waals surface area contributed by atoms with Crippen molar-refractivity contribution in [3.63, 3.8) is 0 Å². The first-order chi connectivity index (χ1) is 9.67. The number of ether oxygens (including phenoxy) is 1. The van der Waals surface area contributed by atoms with Crippen LogP contribution in [-0.2, 0) is 6.61 Å². The number of hydrogen-bond acceptors (Lipinski definition) is 2. The molecule has 0 heterocycles. The molecule has 20 heavy (non-hydrogen) atoms. The van der Waals surface area contributed by atoms with Crippen LogP contribution in [-0.4, -0.2) is 11.7 Å². The first kappa shape index (κ1) is 14.7. The van der Waals surface area contributed by atoms with E-state index in [4.69, 9.17) is 33.7 Å². The van der Waals surface area contributed by atoms with Crippen molar-refractivity contribution < 1.29 is 4.74 Å². The molecular formula is C15H14Cl2N2O. The van der Waals surface area contributed by atoms with E-state index in [9.17, 15) is 0 Å². The highest BCUT2D eigenvalue weighted by molar-refractivity contribution is 6.30. The van der Waals surface area contributed by atoms with Gasteiger partial charge in [-0.25, -0.2) is 4.99 Å². The lowest BCUT2D eigenvalue weighted by Crippen LogP contribution is -2.12. The van der Waals surface area contributed by atoms with Gasteiger partial charge >= 0.3 is 0 Å². The molecule has 0 bridgehead atoms. The Bertz CT molecular complexity index is 597. The standard InChI is InChI=1S/C15H14Cl2N2O/c16-9-15(18)19-13-3-1-2-11(8-13)10-20-14-6-4-12(17)5-7-14/h1-8H,9-10H2,(H2,18,19). The van der Waals surface area contributed by atoms with Gasteiger partial charge in [-0.05, 0) is 42.0 Å². The zero-order valence-corrected chi connectivity index (χ0v) is 12.2. The van der Waals surface area contributed by atoms with Gasteiger partial charge in [0.15, 0.2) is 0 Å². The SMILES string of the molecule is NC(CCl)=Nc1cccc(COc2ccc(Cl)cc2)c1. The third kappa shape index (κ3) is 4.44. The Hall–Kier alpha value is -1.71. The molecule has 104 valence electrons. The molecule has 0 fully saturated rings. The maximum absolute atomic E-state index is 5.82. The lowest BCUT2D eigenvalue weighted by atomic mass is 10.2. The van der Waals surface area contributed by atoms with E-state index < -0.39 is 0 Å². The van der Waals surface area contributed by atoms with Gasteiger partial charge in [-0.15, -0.1) is 11.6 Å². The number of rotatable bonds is 5. The van der Waals surface area contributed by atoms with Gasteiger partial charge < -0.3 is 10.5 Å². The fourth-order valence-corrected chi connectivity index (χ4v) is 1.79. The first-order valence-corrected chi connectivity index (χ1v) is 6.95. The number of benzene rings is 2. The second-order valence-corrected chi connectivity index (χ2v) is 4.85.